The van der Waals surface area contributed by atoms with Crippen LogP contribution in [0.2, 0.25) is 0 Å². The molecule has 0 heterocycles. The highest BCUT2D eigenvalue weighted by Gasteiger charge is 2.21. The Morgan fingerprint density at radius 3 is 2.70 bits per heavy atom. The Balaban J connectivity index is 1.80. The van der Waals surface area contributed by atoms with Crippen LogP contribution in [0.25, 0.3) is 0 Å². The predicted octanol–water partition coefficient (Wildman–Crippen LogP) is 2.70. The van der Waals surface area contributed by atoms with E-state index in [2.05, 4.69) is 54.5 Å². The molecular weight excluding hydrogens is 248 g/mol. The van der Waals surface area contributed by atoms with E-state index in [1.807, 2.05) is 0 Å². The second-order valence-electron chi connectivity index (χ2n) is 5.73. The summed E-state index contributed by atoms with van der Waals surface area (Å²) < 4.78 is 5.76. The number of ether oxygens (including phenoxy) is 1. The molecular formula is C17H28N2O. The molecule has 1 aromatic carbocycles. The molecule has 2 rings (SSSR count). The summed E-state index contributed by atoms with van der Waals surface area (Å²) in [6.07, 6.45) is 2.73. The average molecular weight is 276 g/mol. The number of hydrogen-bond acceptors (Lipinski definition) is 3. The maximum atomic E-state index is 5.76. The lowest BCUT2D eigenvalue weighted by Gasteiger charge is -2.28. The van der Waals surface area contributed by atoms with Crippen molar-refractivity contribution in [1.29, 1.82) is 0 Å². The van der Waals surface area contributed by atoms with Gasteiger partial charge in [0, 0.05) is 25.7 Å². The van der Waals surface area contributed by atoms with E-state index in [-0.39, 0.29) is 0 Å². The van der Waals surface area contributed by atoms with E-state index in [0.717, 1.165) is 38.8 Å². The van der Waals surface area contributed by atoms with E-state index in [1.165, 1.54) is 18.4 Å². The first-order valence-electron chi connectivity index (χ1n) is 7.85. The molecule has 3 heteroatoms. The van der Waals surface area contributed by atoms with Gasteiger partial charge in [-0.15, -0.1) is 0 Å². The van der Waals surface area contributed by atoms with E-state index in [0.29, 0.717) is 6.04 Å². The van der Waals surface area contributed by atoms with Crippen molar-refractivity contribution < 1.29 is 4.74 Å². The summed E-state index contributed by atoms with van der Waals surface area (Å²) in [6.45, 7) is 6.92. The number of hydrogen-bond donors (Lipinski definition) is 1. The molecule has 20 heavy (non-hydrogen) atoms. The van der Waals surface area contributed by atoms with E-state index in [4.69, 9.17) is 4.74 Å². The maximum Gasteiger partial charge on any atom is 0.0593 e. The lowest BCUT2D eigenvalue weighted by molar-refractivity contribution is 0.0910. The molecule has 0 aliphatic heterocycles. The fourth-order valence-electron chi connectivity index (χ4n) is 2.38. The molecule has 1 unspecified atom stereocenters. The maximum absolute atomic E-state index is 5.76. The van der Waals surface area contributed by atoms with Gasteiger partial charge >= 0.3 is 0 Å². The third-order valence-electron chi connectivity index (χ3n) is 3.94. The number of nitrogens with zero attached hydrogens (tertiary/aromatic N) is 1. The first-order valence-corrected chi connectivity index (χ1v) is 7.85. The summed E-state index contributed by atoms with van der Waals surface area (Å²) in [5.41, 5.74) is 1.37. The van der Waals surface area contributed by atoms with Crippen LogP contribution < -0.4 is 5.32 Å². The Hall–Kier alpha value is -0.900. The zero-order valence-electron chi connectivity index (χ0n) is 12.8. The van der Waals surface area contributed by atoms with Crippen LogP contribution in [0, 0.1) is 5.92 Å². The van der Waals surface area contributed by atoms with Crippen molar-refractivity contribution in [3.05, 3.63) is 35.9 Å². The first-order chi connectivity index (χ1) is 9.81. The van der Waals surface area contributed by atoms with Crippen molar-refractivity contribution in [3.8, 4) is 0 Å². The normalized spacial score (nSPS) is 16.6. The highest BCUT2D eigenvalue weighted by atomic mass is 16.5. The van der Waals surface area contributed by atoms with Crippen LogP contribution in [0.3, 0.4) is 0 Å². The lowest BCUT2D eigenvalue weighted by atomic mass is 10.1. The molecule has 112 valence electrons. The molecule has 1 atom stereocenters. The van der Waals surface area contributed by atoms with Gasteiger partial charge in [0.1, 0.15) is 0 Å². The van der Waals surface area contributed by atoms with Gasteiger partial charge in [-0.25, -0.2) is 0 Å². The summed E-state index contributed by atoms with van der Waals surface area (Å²) in [7, 11) is 2.19. The number of nitrogens with one attached hydrogen (secondary N) is 1. The summed E-state index contributed by atoms with van der Waals surface area (Å²) in [5, 5.41) is 3.46. The smallest absolute Gasteiger partial charge is 0.0593 e. The Labute approximate surface area is 123 Å². The van der Waals surface area contributed by atoms with Crippen LogP contribution in [-0.2, 0) is 4.74 Å². The molecule has 0 saturated heterocycles. The molecule has 3 nitrogen and oxygen atoms in total. The molecule has 1 aromatic rings. The molecule has 1 fully saturated rings. The zero-order chi connectivity index (χ0) is 14.2. The van der Waals surface area contributed by atoms with E-state index < -0.39 is 0 Å². The van der Waals surface area contributed by atoms with Crippen molar-refractivity contribution in [1.82, 2.24) is 10.2 Å². The Bertz CT molecular complexity index is 365. The fraction of sp³-hybridized carbons (Fsp3) is 0.647. The minimum absolute atomic E-state index is 0.417. The Kier molecular flexibility index (Phi) is 6.51. The average Bonchev–Trinajstić information content (AvgIpc) is 3.29. The lowest BCUT2D eigenvalue weighted by Crippen LogP contribution is -2.35. The van der Waals surface area contributed by atoms with Crippen LogP contribution in [0.1, 0.15) is 31.4 Å². The second-order valence-corrected chi connectivity index (χ2v) is 5.73. The molecule has 0 radical (unpaired) electrons. The molecule has 0 bridgehead atoms. The van der Waals surface area contributed by atoms with Gasteiger partial charge in [0.25, 0.3) is 0 Å². The molecule has 0 aromatic heterocycles. The predicted molar refractivity (Wildman–Crippen MR) is 83.9 cm³/mol. The molecule has 1 aliphatic carbocycles. The minimum Gasteiger partial charge on any atom is -0.380 e. The van der Waals surface area contributed by atoms with E-state index in [9.17, 15) is 0 Å². The van der Waals surface area contributed by atoms with Crippen LogP contribution in [0.15, 0.2) is 30.3 Å². The SMILES string of the molecule is CCNCC(c1ccccc1)N(C)CCOCC1CC1. The van der Waals surface area contributed by atoms with Crippen molar-refractivity contribution in [2.45, 2.75) is 25.8 Å². The summed E-state index contributed by atoms with van der Waals surface area (Å²) in [6, 6.07) is 11.2. The van der Waals surface area contributed by atoms with Gasteiger partial charge in [0.15, 0.2) is 0 Å². The molecule has 0 spiro atoms. The third kappa shape index (κ3) is 5.23. The molecule has 0 amide bonds. The van der Waals surface area contributed by atoms with Crippen LogP contribution in [0.5, 0.6) is 0 Å². The Morgan fingerprint density at radius 1 is 1.30 bits per heavy atom. The summed E-state index contributed by atoms with van der Waals surface area (Å²) in [5.74, 6) is 0.854. The standard InChI is InChI=1S/C17H28N2O/c1-3-18-13-17(16-7-5-4-6-8-16)19(2)11-12-20-14-15-9-10-15/h4-8,15,17-18H,3,9-14H2,1-2H3. The zero-order valence-corrected chi connectivity index (χ0v) is 12.8. The topological polar surface area (TPSA) is 24.5 Å². The highest BCUT2D eigenvalue weighted by Crippen LogP contribution is 2.28. The van der Waals surface area contributed by atoms with Crippen molar-refractivity contribution >= 4 is 0 Å². The second kappa shape index (κ2) is 8.40. The molecule has 1 N–H and O–H groups in total. The van der Waals surface area contributed by atoms with Gasteiger partial charge in [-0.05, 0) is 37.9 Å². The van der Waals surface area contributed by atoms with Crippen molar-refractivity contribution in [2.75, 3.05) is 39.9 Å². The van der Waals surface area contributed by atoms with E-state index in [1.54, 1.807) is 0 Å². The van der Waals surface area contributed by atoms with Crippen LogP contribution >= 0.6 is 0 Å². The molecule has 1 aliphatic rings. The van der Waals surface area contributed by atoms with Gasteiger partial charge < -0.3 is 10.1 Å². The summed E-state index contributed by atoms with van der Waals surface area (Å²) in [4.78, 5) is 2.39. The number of likely N-dealkylation sites (N-methyl/N-ethyl adjacent to an activating group) is 2. The van der Waals surface area contributed by atoms with Gasteiger partial charge in [-0.2, -0.15) is 0 Å². The highest BCUT2D eigenvalue weighted by molar-refractivity contribution is 5.19. The van der Waals surface area contributed by atoms with Crippen molar-refractivity contribution in [3.63, 3.8) is 0 Å². The fourth-order valence-corrected chi connectivity index (χ4v) is 2.38. The summed E-state index contributed by atoms with van der Waals surface area (Å²) >= 11 is 0. The minimum atomic E-state index is 0.417. The van der Waals surface area contributed by atoms with Gasteiger partial charge in [-0.3, -0.25) is 4.90 Å². The van der Waals surface area contributed by atoms with E-state index >= 15 is 0 Å². The Morgan fingerprint density at radius 2 is 2.05 bits per heavy atom. The van der Waals surface area contributed by atoms with Crippen molar-refractivity contribution in [2.24, 2.45) is 5.92 Å². The number of rotatable bonds is 10. The molecule has 1 saturated carbocycles. The number of benzene rings is 1. The largest absolute Gasteiger partial charge is 0.380 e. The quantitative estimate of drug-likeness (QED) is 0.665. The van der Waals surface area contributed by atoms with Crippen LogP contribution in [0.4, 0.5) is 0 Å². The van der Waals surface area contributed by atoms with Gasteiger partial charge in [0.2, 0.25) is 0 Å². The van der Waals surface area contributed by atoms with Crippen LogP contribution in [-0.4, -0.2) is 44.8 Å². The van der Waals surface area contributed by atoms with Gasteiger partial charge in [0.05, 0.1) is 6.61 Å². The first kappa shape index (κ1) is 15.5. The van der Waals surface area contributed by atoms with Gasteiger partial charge in [-0.1, -0.05) is 37.3 Å². The monoisotopic (exact) mass is 276 g/mol. The third-order valence-corrected chi connectivity index (χ3v) is 3.94.